The summed E-state index contributed by atoms with van der Waals surface area (Å²) in [5, 5.41) is 29.9. The molecule has 0 spiro atoms. The van der Waals surface area contributed by atoms with E-state index in [1.54, 1.807) is 0 Å². The third-order valence-corrected chi connectivity index (χ3v) is 0.301. The minimum atomic E-state index is -1.38. The first-order chi connectivity index (χ1) is 7.84. The Morgan fingerprint density at radius 3 is 0.611 bits per heavy atom. The second-order valence-electron chi connectivity index (χ2n) is 2.42. The molecule has 0 unspecified atom stereocenters. The monoisotopic (exact) mass is 268 g/mol. The molecule has 0 aromatic rings. The Morgan fingerprint density at radius 1 is 0.556 bits per heavy atom. The van der Waals surface area contributed by atoms with Crippen LogP contribution in [-0.2, 0) is 24.0 Å². The fourth-order valence-electron chi connectivity index (χ4n) is 0. The van der Waals surface area contributed by atoms with E-state index in [9.17, 15) is 9.59 Å². The molecular weight excluding hydrogens is 252 g/mol. The molecule has 0 amide bonds. The van der Waals surface area contributed by atoms with Gasteiger partial charge in [0.1, 0.15) is 0 Å². The molecule has 0 aliphatic heterocycles. The van der Waals surface area contributed by atoms with Gasteiger partial charge in [0.2, 0.25) is 5.78 Å². The average molecular weight is 268 g/mol. The fourth-order valence-corrected chi connectivity index (χ4v) is 0. The lowest BCUT2D eigenvalue weighted by Gasteiger charge is -1.73. The largest absolute Gasteiger partial charge is 0.481 e. The van der Waals surface area contributed by atoms with Crippen molar-refractivity contribution in [2.24, 2.45) is 0 Å². The van der Waals surface area contributed by atoms with Gasteiger partial charge in [0.25, 0.3) is 17.9 Å². The number of rotatable bonds is 1. The molecule has 0 fully saturated rings. The summed E-state index contributed by atoms with van der Waals surface area (Å²) in [5.74, 6) is -4.70. The standard InChI is InChI=1S/C3H4O3.3C2H4O2/c1-2(4)3(5)6;3*1-2(3)4/h1H3,(H,5,6);3*1H3,(H,3,4). The van der Waals surface area contributed by atoms with Gasteiger partial charge >= 0.3 is 5.97 Å². The molecule has 0 aromatic heterocycles. The Labute approximate surface area is 103 Å². The normalized spacial score (nSPS) is 6.67. The van der Waals surface area contributed by atoms with Gasteiger partial charge in [-0.15, -0.1) is 0 Å². The number of aliphatic carboxylic acids is 4. The summed E-state index contributed by atoms with van der Waals surface area (Å²) in [6.07, 6.45) is 0. The van der Waals surface area contributed by atoms with E-state index in [1.807, 2.05) is 0 Å². The highest BCUT2D eigenvalue weighted by Crippen LogP contribution is 1.61. The molecule has 0 heterocycles. The molecule has 18 heavy (non-hydrogen) atoms. The van der Waals surface area contributed by atoms with E-state index in [0.29, 0.717) is 0 Å². The van der Waals surface area contributed by atoms with Crippen LogP contribution >= 0.6 is 0 Å². The molecule has 9 heteroatoms. The highest BCUT2D eigenvalue weighted by atomic mass is 16.4. The Bertz CT molecular complexity index is 240. The number of Topliss-reactive ketones (excluding diaryl/α,β-unsaturated/α-hetero) is 1. The second kappa shape index (κ2) is 17.0. The highest BCUT2D eigenvalue weighted by Gasteiger charge is 1.98. The molecule has 106 valence electrons. The number of hydrogen-bond acceptors (Lipinski definition) is 5. The van der Waals surface area contributed by atoms with E-state index < -0.39 is 29.7 Å². The zero-order valence-electron chi connectivity index (χ0n) is 10.3. The summed E-state index contributed by atoms with van der Waals surface area (Å²) in [4.78, 5) is 45.9. The molecule has 0 saturated carbocycles. The van der Waals surface area contributed by atoms with Gasteiger partial charge in [0.15, 0.2) is 0 Å². The van der Waals surface area contributed by atoms with Crippen molar-refractivity contribution >= 4 is 29.7 Å². The van der Waals surface area contributed by atoms with Crippen LogP contribution in [0.2, 0.25) is 0 Å². The molecule has 4 N–H and O–H groups in total. The number of carboxylic acid groups (broad SMARTS) is 4. The molecule has 0 atom stereocenters. The minimum Gasteiger partial charge on any atom is -0.481 e. The van der Waals surface area contributed by atoms with Gasteiger partial charge in [0, 0.05) is 27.7 Å². The van der Waals surface area contributed by atoms with E-state index in [-0.39, 0.29) is 0 Å². The van der Waals surface area contributed by atoms with E-state index in [2.05, 4.69) is 0 Å². The Morgan fingerprint density at radius 2 is 0.611 bits per heavy atom. The summed E-state index contributed by atoms with van der Waals surface area (Å²) in [5.41, 5.74) is 0. The van der Waals surface area contributed by atoms with Crippen LogP contribution in [0.25, 0.3) is 0 Å². The molecule has 0 aromatic carbocycles. The molecule has 0 radical (unpaired) electrons. The summed E-state index contributed by atoms with van der Waals surface area (Å²) < 4.78 is 0. The van der Waals surface area contributed by atoms with E-state index in [1.165, 1.54) is 0 Å². The van der Waals surface area contributed by atoms with Crippen LogP contribution in [-0.4, -0.2) is 50.1 Å². The highest BCUT2D eigenvalue weighted by molar-refractivity contribution is 6.31. The maximum Gasteiger partial charge on any atom is 0.371 e. The first-order valence-corrected chi connectivity index (χ1v) is 4.17. The zero-order chi connectivity index (χ0) is 15.9. The topological polar surface area (TPSA) is 166 Å². The molecule has 0 aliphatic carbocycles. The van der Waals surface area contributed by atoms with Crippen molar-refractivity contribution in [3.05, 3.63) is 0 Å². The van der Waals surface area contributed by atoms with Crippen LogP contribution in [0.15, 0.2) is 0 Å². The maximum atomic E-state index is 9.54. The summed E-state index contributed by atoms with van der Waals surface area (Å²) in [6, 6.07) is 0. The molecule has 0 aliphatic rings. The van der Waals surface area contributed by atoms with Crippen LogP contribution in [0, 0.1) is 0 Å². The van der Waals surface area contributed by atoms with Gasteiger partial charge in [-0.3, -0.25) is 19.2 Å². The molecule has 9 nitrogen and oxygen atoms in total. The quantitative estimate of drug-likeness (QED) is 0.476. The van der Waals surface area contributed by atoms with Gasteiger partial charge in [-0.2, -0.15) is 0 Å². The van der Waals surface area contributed by atoms with Crippen molar-refractivity contribution in [1.82, 2.24) is 0 Å². The number of carboxylic acids is 4. The van der Waals surface area contributed by atoms with Crippen molar-refractivity contribution in [2.45, 2.75) is 27.7 Å². The first-order valence-electron chi connectivity index (χ1n) is 4.17. The number of carbonyl (C=O) groups is 5. The first kappa shape index (κ1) is 24.7. The third kappa shape index (κ3) is 888. The van der Waals surface area contributed by atoms with E-state index in [0.717, 1.165) is 27.7 Å². The van der Waals surface area contributed by atoms with Gasteiger partial charge < -0.3 is 20.4 Å². The second-order valence-corrected chi connectivity index (χ2v) is 2.42. The van der Waals surface area contributed by atoms with E-state index >= 15 is 0 Å². The lowest BCUT2D eigenvalue weighted by molar-refractivity contribution is -0.148. The zero-order valence-corrected chi connectivity index (χ0v) is 10.3. The van der Waals surface area contributed by atoms with Gasteiger partial charge in [-0.1, -0.05) is 0 Å². The summed E-state index contributed by atoms with van der Waals surface area (Å²) >= 11 is 0. The van der Waals surface area contributed by atoms with Crippen LogP contribution in [0.3, 0.4) is 0 Å². The average Bonchev–Trinajstić information content (AvgIpc) is 1.99. The molecule has 0 rings (SSSR count). The van der Waals surface area contributed by atoms with Crippen LogP contribution in [0.5, 0.6) is 0 Å². The Hall–Kier alpha value is -2.45. The van der Waals surface area contributed by atoms with Gasteiger partial charge in [-0.25, -0.2) is 4.79 Å². The van der Waals surface area contributed by atoms with Crippen molar-refractivity contribution in [2.75, 3.05) is 0 Å². The Balaban J connectivity index is -0.0000000742. The number of hydrogen-bond donors (Lipinski definition) is 4. The number of ketones is 1. The van der Waals surface area contributed by atoms with Crippen molar-refractivity contribution in [3.63, 3.8) is 0 Å². The van der Waals surface area contributed by atoms with Crippen molar-refractivity contribution in [1.29, 1.82) is 0 Å². The Kier molecular flexibility index (Phi) is 23.3. The van der Waals surface area contributed by atoms with Crippen molar-refractivity contribution in [3.8, 4) is 0 Å². The van der Waals surface area contributed by atoms with Gasteiger partial charge in [-0.05, 0) is 0 Å². The van der Waals surface area contributed by atoms with Crippen LogP contribution < -0.4 is 0 Å². The van der Waals surface area contributed by atoms with Gasteiger partial charge in [0.05, 0.1) is 0 Å². The lowest BCUT2D eigenvalue weighted by Crippen LogP contribution is -2.05. The predicted molar refractivity (Wildman–Crippen MR) is 58.2 cm³/mol. The smallest absolute Gasteiger partial charge is 0.371 e. The lowest BCUT2D eigenvalue weighted by atomic mass is 10.5. The molecular formula is C9H16O9. The van der Waals surface area contributed by atoms with Crippen LogP contribution in [0.4, 0.5) is 0 Å². The molecule has 0 saturated heterocycles. The SMILES string of the molecule is CC(=O)C(=O)O.CC(=O)O.CC(=O)O.CC(=O)O. The fraction of sp³-hybridized carbons (Fsp3) is 0.444. The minimum absolute atomic E-state index is 0.824. The third-order valence-electron chi connectivity index (χ3n) is 0.301. The van der Waals surface area contributed by atoms with E-state index in [4.69, 9.17) is 34.8 Å². The van der Waals surface area contributed by atoms with Crippen LogP contribution in [0.1, 0.15) is 27.7 Å². The predicted octanol–water partition coefficient (Wildman–Crippen LogP) is -0.0673. The summed E-state index contributed by atoms with van der Waals surface area (Å²) in [7, 11) is 0. The van der Waals surface area contributed by atoms with Crippen molar-refractivity contribution < 1.29 is 44.4 Å². The molecule has 0 bridgehead atoms. The summed E-state index contributed by atoms with van der Waals surface area (Å²) in [6.45, 7) is 4.25. The number of carbonyl (C=O) groups excluding carboxylic acids is 1. The maximum absolute atomic E-state index is 9.54.